The molecule has 19 heavy (non-hydrogen) atoms. The van der Waals surface area contributed by atoms with Crippen molar-refractivity contribution in [2.45, 2.75) is 31.9 Å². The summed E-state index contributed by atoms with van der Waals surface area (Å²) in [5, 5.41) is 6.69. The van der Waals surface area contributed by atoms with E-state index in [9.17, 15) is 0 Å². The van der Waals surface area contributed by atoms with Crippen molar-refractivity contribution in [1.82, 2.24) is 10.3 Å². The van der Waals surface area contributed by atoms with E-state index in [2.05, 4.69) is 35.4 Å². The van der Waals surface area contributed by atoms with Crippen molar-refractivity contribution < 1.29 is 4.74 Å². The summed E-state index contributed by atoms with van der Waals surface area (Å²) in [6.45, 7) is 3.22. The molecule has 100 valence electrons. The molecule has 0 amide bonds. The van der Waals surface area contributed by atoms with Gasteiger partial charge in [-0.2, -0.15) is 0 Å². The minimum atomic E-state index is 0.0734. The van der Waals surface area contributed by atoms with Gasteiger partial charge in [0.15, 0.2) is 6.10 Å². The number of benzene rings is 1. The number of hydrogen-bond donors (Lipinski definition) is 1. The van der Waals surface area contributed by atoms with Crippen LogP contribution in [-0.2, 0) is 0 Å². The van der Waals surface area contributed by atoms with Crippen LogP contribution in [-0.4, -0.2) is 11.5 Å². The first kappa shape index (κ1) is 12.6. The van der Waals surface area contributed by atoms with E-state index in [-0.39, 0.29) is 6.10 Å². The molecule has 0 saturated heterocycles. The van der Waals surface area contributed by atoms with Crippen molar-refractivity contribution in [3.63, 3.8) is 0 Å². The average molecular weight is 274 g/mol. The molecule has 2 aromatic rings. The maximum atomic E-state index is 6.09. The molecule has 0 aliphatic carbocycles. The van der Waals surface area contributed by atoms with Gasteiger partial charge in [0.05, 0.1) is 0 Å². The van der Waals surface area contributed by atoms with E-state index in [1.165, 1.54) is 5.56 Å². The highest BCUT2D eigenvalue weighted by Gasteiger charge is 2.29. The van der Waals surface area contributed by atoms with Crippen LogP contribution in [0.15, 0.2) is 35.8 Å². The van der Waals surface area contributed by atoms with Gasteiger partial charge in [0, 0.05) is 29.6 Å². The Morgan fingerprint density at radius 3 is 3.11 bits per heavy atom. The number of para-hydroxylation sites is 1. The third-order valence-electron chi connectivity index (χ3n) is 3.38. The Balaban J connectivity index is 1.87. The van der Waals surface area contributed by atoms with Gasteiger partial charge in [-0.05, 0) is 19.0 Å². The van der Waals surface area contributed by atoms with E-state index >= 15 is 0 Å². The molecule has 0 saturated carbocycles. The smallest absolute Gasteiger partial charge is 0.152 e. The topological polar surface area (TPSA) is 34.2 Å². The molecule has 3 rings (SSSR count). The molecule has 2 unspecified atom stereocenters. The number of thiazole rings is 1. The van der Waals surface area contributed by atoms with Crippen LogP contribution in [0.5, 0.6) is 5.75 Å². The van der Waals surface area contributed by atoms with E-state index in [0.29, 0.717) is 6.04 Å². The quantitative estimate of drug-likeness (QED) is 0.923. The molecular weight excluding hydrogens is 256 g/mol. The molecule has 1 aromatic carbocycles. The number of aromatic nitrogens is 1. The van der Waals surface area contributed by atoms with Crippen LogP contribution in [0.1, 0.15) is 42.5 Å². The van der Waals surface area contributed by atoms with Gasteiger partial charge < -0.3 is 10.1 Å². The fraction of sp³-hybridized carbons (Fsp3) is 0.400. The molecule has 1 aliphatic heterocycles. The first-order valence-electron chi connectivity index (χ1n) is 6.77. The molecule has 0 spiro atoms. The zero-order valence-corrected chi connectivity index (χ0v) is 11.8. The molecule has 2 atom stereocenters. The third-order valence-corrected chi connectivity index (χ3v) is 4.25. The summed E-state index contributed by atoms with van der Waals surface area (Å²) in [5.74, 6) is 0.988. The molecule has 0 fully saturated rings. The second-order valence-electron chi connectivity index (χ2n) is 4.76. The van der Waals surface area contributed by atoms with Gasteiger partial charge in [-0.3, -0.25) is 0 Å². The van der Waals surface area contributed by atoms with Crippen molar-refractivity contribution >= 4 is 11.3 Å². The molecule has 0 bridgehead atoms. The number of rotatable bonds is 4. The van der Waals surface area contributed by atoms with Crippen LogP contribution in [0.25, 0.3) is 0 Å². The van der Waals surface area contributed by atoms with Gasteiger partial charge in [0.25, 0.3) is 0 Å². The highest BCUT2D eigenvalue weighted by molar-refractivity contribution is 7.09. The van der Waals surface area contributed by atoms with E-state index in [0.717, 1.165) is 30.1 Å². The Bertz CT molecular complexity index is 527. The molecule has 4 heteroatoms. The summed E-state index contributed by atoms with van der Waals surface area (Å²) in [4.78, 5) is 4.39. The number of hydrogen-bond acceptors (Lipinski definition) is 4. The normalized spacial score (nSPS) is 21.7. The SMILES string of the molecule is CCCNC1CC(c2nccs2)Oc2ccccc21. The lowest BCUT2D eigenvalue weighted by atomic mass is 9.96. The minimum absolute atomic E-state index is 0.0734. The molecule has 3 nitrogen and oxygen atoms in total. The Kier molecular flexibility index (Phi) is 3.80. The molecule has 1 N–H and O–H groups in total. The lowest BCUT2D eigenvalue weighted by Crippen LogP contribution is -2.29. The largest absolute Gasteiger partial charge is 0.483 e. The third kappa shape index (κ3) is 2.65. The first-order valence-corrected chi connectivity index (χ1v) is 7.64. The summed E-state index contributed by atoms with van der Waals surface area (Å²) < 4.78 is 6.09. The molecule has 0 radical (unpaired) electrons. The predicted octanol–water partition coefficient (Wildman–Crippen LogP) is 3.71. The Morgan fingerprint density at radius 2 is 2.32 bits per heavy atom. The predicted molar refractivity (Wildman–Crippen MR) is 77.6 cm³/mol. The number of fused-ring (bicyclic) bond motifs is 1. The molecule has 1 aliphatic rings. The van der Waals surface area contributed by atoms with Crippen LogP contribution in [0.2, 0.25) is 0 Å². The van der Waals surface area contributed by atoms with Gasteiger partial charge in [-0.25, -0.2) is 4.98 Å². The van der Waals surface area contributed by atoms with Crippen LogP contribution in [0.4, 0.5) is 0 Å². The molecular formula is C15H18N2OS. The van der Waals surface area contributed by atoms with Gasteiger partial charge in [-0.15, -0.1) is 11.3 Å². The average Bonchev–Trinajstić information content (AvgIpc) is 2.98. The molecule has 1 aromatic heterocycles. The maximum Gasteiger partial charge on any atom is 0.152 e. The van der Waals surface area contributed by atoms with Crippen LogP contribution >= 0.6 is 11.3 Å². The fourth-order valence-corrected chi connectivity index (χ4v) is 3.15. The van der Waals surface area contributed by atoms with Crippen LogP contribution in [0.3, 0.4) is 0 Å². The first-order chi connectivity index (χ1) is 9.38. The van der Waals surface area contributed by atoms with Crippen molar-refractivity contribution in [3.8, 4) is 5.75 Å². The van der Waals surface area contributed by atoms with Crippen LogP contribution in [0, 0.1) is 0 Å². The zero-order chi connectivity index (χ0) is 13.1. The maximum absolute atomic E-state index is 6.09. The van der Waals surface area contributed by atoms with Crippen molar-refractivity contribution in [3.05, 3.63) is 46.4 Å². The number of nitrogens with one attached hydrogen (secondary N) is 1. The van der Waals surface area contributed by atoms with Gasteiger partial charge in [0.1, 0.15) is 10.8 Å². The second kappa shape index (κ2) is 5.72. The van der Waals surface area contributed by atoms with Crippen molar-refractivity contribution in [1.29, 1.82) is 0 Å². The summed E-state index contributed by atoms with van der Waals surface area (Å²) in [7, 11) is 0. The van der Waals surface area contributed by atoms with Gasteiger partial charge >= 0.3 is 0 Å². The Morgan fingerprint density at radius 1 is 1.42 bits per heavy atom. The van der Waals surface area contributed by atoms with Gasteiger partial charge in [0.2, 0.25) is 0 Å². The minimum Gasteiger partial charge on any atom is -0.483 e. The lowest BCUT2D eigenvalue weighted by molar-refractivity contribution is 0.151. The molecule has 2 heterocycles. The summed E-state index contributed by atoms with van der Waals surface area (Å²) in [6.07, 6.45) is 4.01. The highest BCUT2D eigenvalue weighted by atomic mass is 32.1. The standard InChI is InChI=1S/C15H18N2OS/c1-2-7-16-12-10-14(15-17-8-9-19-15)18-13-6-4-3-5-11(12)13/h3-6,8-9,12,14,16H,2,7,10H2,1H3. The summed E-state index contributed by atoms with van der Waals surface area (Å²) >= 11 is 1.67. The Labute approximate surface area is 117 Å². The number of ether oxygens (including phenoxy) is 1. The highest BCUT2D eigenvalue weighted by Crippen LogP contribution is 2.40. The Hall–Kier alpha value is -1.39. The van der Waals surface area contributed by atoms with Crippen molar-refractivity contribution in [2.75, 3.05) is 6.54 Å². The van der Waals surface area contributed by atoms with Gasteiger partial charge in [-0.1, -0.05) is 25.1 Å². The second-order valence-corrected chi connectivity index (χ2v) is 5.68. The zero-order valence-electron chi connectivity index (χ0n) is 11.0. The van der Waals surface area contributed by atoms with E-state index in [1.54, 1.807) is 11.3 Å². The van der Waals surface area contributed by atoms with Crippen molar-refractivity contribution in [2.24, 2.45) is 0 Å². The van der Waals surface area contributed by atoms with E-state index in [4.69, 9.17) is 4.74 Å². The lowest BCUT2D eigenvalue weighted by Gasteiger charge is -2.31. The number of nitrogens with zero attached hydrogens (tertiary/aromatic N) is 1. The fourth-order valence-electron chi connectivity index (χ4n) is 2.47. The summed E-state index contributed by atoms with van der Waals surface area (Å²) in [5.41, 5.74) is 1.27. The monoisotopic (exact) mass is 274 g/mol. The summed E-state index contributed by atoms with van der Waals surface area (Å²) in [6, 6.07) is 8.67. The van der Waals surface area contributed by atoms with E-state index < -0.39 is 0 Å². The van der Waals surface area contributed by atoms with E-state index in [1.807, 2.05) is 17.6 Å². The van der Waals surface area contributed by atoms with Crippen LogP contribution < -0.4 is 10.1 Å².